The number of hydrogen-bond donors (Lipinski definition) is 4. The van der Waals surface area contributed by atoms with Gasteiger partial charge < -0.3 is 21.1 Å². The fourth-order valence-corrected chi connectivity index (χ4v) is 7.73. The maximum atomic E-state index is 12.8. The van der Waals surface area contributed by atoms with E-state index in [1.165, 1.54) is 173 Å². The van der Waals surface area contributed by atoms with E-state index < -0.39 is 20.0 Å². The van der Waals surface area contributed by atoms with E-state index in [4.69, 9.17) is 14.8 Å². The van der Waals surface area contributed by atoms with Gasteiger partial charge in [-0.2, -0.15) is 0 Å². The molecule has 326 valence electrons. The Morgan fingerprint density at radius 3 is 1.40 bits per heavy atom. The summed E-state index contributed by atoms with van der Waals surface area (Å²) in [6.45, 7) is 4.13. The second-order valence-corrected chi connectivity index (χ2v) is 17.4. The van der Waals surface area contributed by atoms with Gasteiger partial charge in [0.15, 0.2) is 0 Å². The van der Waals surface area contributed by atoms with Gasteiger partial charge >= 0.3 is 7.82 Å². The van der Waals surface area contributed by atoms with Crippen molar-refractivity contribution in [3.8, 4) is 0 Å². The molecule has 55 heavy (non-hydrogen) atoms. The van der Waals surface area contributed by atoms with Crippen molar-refractivity contribution in [1.29, 1.82) is 0 Å². The van der Waals surface area contributed by atoms with Crippen molar-refractivity contribution in [2.24, 2.45) is 5.73 Å². The first kappa shape index (κ1) is 54.0. The van der Waals surface area contributed by atoms with E-state index in [1.807, 2.05) is 6.08 Å². The Hall–Kier alpha value is -1.02. The molecule has 0 bridgehead atoms. The third-order valence-corrected chi connectivity index (χ3v) is 11.5. The first-order valence-electron chi connectivity index (χ1n) is 23.5. The predicted octanol–water partition coefficient (Wildman–Crippen LogP) is 13.3. The number of phosphoric ester groups is 1. The van der Waals surface area contributed by atoms with Crippen molar-refractivity contribution < 1.29 is 28.4 Å². The molecule has 3 atom stereocenters. The van der Waals surface area contributed by atoms with Gasteiger partial charge in [-0.15, -0.1) is 0 Å². The quantitative estimate of drug-likeness (QED) is 0.0274. The van der Waals surface area contributed by atoms with Crippen molar-refractivity contribution in [2.45, 2.75) is 244 Å². The minimum atomic E-state index is -4.34. The topological polar surface area (TPSA) is 131 Å². The molecule has 9 heteroatoms. The van der Waals surface area contributed by atoms with E-state index in [1.54, 1.807) is 6.08 Å². The van der Waals surface area contributed by atoms with Gasteiger partial charge in [-0.3, -0.25) is 13.8 Å². The van der Waals surface area contributed by atoms with E-state index in [0.29, 0.717) is 6.42 Å². The number of nitrogens with one attached hydrogen (secondary N) is 1. The molecule has 0 aromatic heterocycles. The van der Waals surface area contributed by atoms with Gasteiger partial charge in [0.05, 0.1) is 25.4 Å². The maximum Gasteiger partial charge on any atom is 0.472 e. The molecular formula is C46H91N2O6P. The van der Waals surface area contributed by atoms with Crippen LogP contribution in [0.25, 0.3) is 0 Å². The second kappa shape index (κ2) is 42.6. The lowest BCUT2D eigenvalue weighted by Gasteiger charge is -2.23. The molecule has 0 fully saturated rings. The zero-order chi connectivity index (χ0) is 40.3. The normalized spacial score (nSPS) is 14.2. The Bertz CT molecular complexity index is 917. The molecule has 0 aliphatic heterocycles. The molecule has 1 amide bonds. The number of aliphatic hydroxyl groups excluding tert-OH is 1. The number of carbonyl (C=O) groups is 1. The number of hydrogen-bond acceptors (Lipinski definition) is 6. The molecule has 5 N–H and O–H groups in total. The summed E-state index contributed by atoms with van der Waals surface area (Å²) in [5.74, 6) is -0.200. The van der Waals surface area contributed by atoms with Crippen LogP contribution >= 0.6 is 7.82 Å². The van der Waals surface area contributed by atoms with E-state index in [0.717, 1.165) is 38.5 Å². The summed E-state index contributed by atoms with van der Waals surface area (Å²) < 4.78 is 22.1. The van der Waals surface area contributed by atoms with E-state index in [2.05, 4.69) is 31.3 Å². The summed E-state index contributed by atoms with van der Waals surface area (Å²) in [6, 6.07) is -0.872. The summed E-state index contributed by atoms with van der Waals surface area (Å²) in [7, 11) is -4.34. The minimum Gasteiger partial charge on any atom is -0.387 e. The average molecular weight is 799 g/mol. The molecule has 0 radical (unpaired) electrons. The highest BCUT2D eigenvalue weighted by atomic mass is 31.2. The lowest BCUT2D eigenvalue weighted by Crippen LogP contribution is -2.45. The van der Waals surface area contributed by atoms with Gasteiger partial charge in [-0.1, -0.05) is 218 Å². The first-order valence-corrected chi connectivity index (χ1v) is 25.0. The van der Waals surface area contributed by atoms with Crippen molar-refractivity contribution in [3.63, 3.8) is 0 Å². The number of carbonyl (C=O) groups excluding carboxylic acids is 1. The Labute approximate surface area is 340 Å². The van der Waals surface area contributed by atoms with Crippen LogP contribution in [0.3, 0.4) is 0 Å². The Morgan fingerprint density at radius 1 is 0.582 bits per heavy atom. The molecule has 0 saturated heterocycles. The average Bonchev–Trinajstić information content (AvgIpc) is 3.17. The molecule has 8 nitrogen and oxygen atoms in total. The number of amides is 1. The number of rotatable bonds is 44. The van der Waals surface area contributed by atoms with Crippen molar-refractivity contribution in [3.05, 3.63) is 24.3 Å². The number of phosphoric acid groups is 1. The van der Waals surface area contributed by atoms with E-state index >= 15 is 0 Å². The lowest BCUT2D eigenvalue weighted by molar-refractivity contribution is -0.123. The minimum absolute atomic E-state index is 0.0759. The lowest BCUT2D eigenvalue weighted by atomic mass is 10.0. The summed E-state index contributed by atoms with van der Waals surface area (Å²) in [5.41, 5.74) is 5.37. The summed E-state index contributed by atoms with van der Waals surface area (Å²) in [6.07, 6.45) is 49.5. The van der Waals surface area contributed by atoms with Gasteiger partial charge in [-0.05, 0) is 32.1 Å². The Morgan fingerprint density at radius 2 is 0.964 bits per heavy atom. The highest BCUT2D eigenvalue weighted by molar-refractivity contribution is 7.47. The molecular weight excluding hydrogens is 707 g/mol. The smallest absolute Gasteiger partial charge is 0.387 e. The molecule has 0 saturated carbocycles. The zero-order valence-electron chi connectivity index (χ0n) is 36.2. The SMILES string of the molecule is CCCCCCCCCC/C=C/CC/C=C/C(O)C(COP(=O)(O)OCCN)NC(=O)CCCCCCCCCCCCCCCCCCCCCCCC. The summed E-state index contributed by atoms with van der Waals surface area (Å²) in [5, 5.41) is 13.7. The fourth-order valence-electron chi connectivity index (χ4n) is 6.97. The van der Waals surface area contributed by atoms with Crippen LogP contribution < -0.4 is 11.1 Å². The molecule has 0 aliphatic carbocycles. The third-order valence-electron chi connectivity index (χ3n) is 10.5. The van der Waals surface area contributed by atoms with Crippen LogP contribution in [0.15, 0.2) is 24.3 Å². The fraction of sp³-hybridized carbons (Fsp3) is 0.891. The van der Waals surface area contributed by atoms with Gasteiger partial charge in [0.2, 0.25) is 5.91 Å². The van der Waals surface area contributed by atoms with Crippen molar-refractivity contribution >= 4 is 13.7 Å². The monoisotopic (exact) mass is 799 g/mol. The first-order chi connectivity index (χ1) is 26.9. The van der Waals surface area contributed by atoms with Crippen LogP contribution in [0, 0.1) is 0 Å². The molecule has 0 aromatic rings. The highest BCUT2D eigenvalue weighted by Gasteiger charge is 2.26. The van der Waals surface area contributed by atoms with Crippen molar-refractivity contribution in [1.82, 2.24) is 5.32 Å². The van der Waals surface area contributed by atoms with Crippen LogP contribution in [0.1, 0.15) is 232 Å². The zero-order valence-corrected chi connectivity index (χ0v) is 37.1. The molecule has 0 spiro atoms. The van der Waals surface area contributed by atoms with Crippen LogP contribution in [-0.4, -0.2) is 47.8 Å². The number of unbranched alkanes of at least 4 members (excludes halogenated alkanes) is 30. The van der Waals surface area contributed by atoms with Gasteiger partial charge in [0.25, 0.3) is 0 Å². The number of nitrogens with two attached hydrogens (primary N) is 1. The molecule has 0 rings (SSSR count). The molecule has 3 unspecified atom stereocenters. The maximum absolute atomic E-state index is 12.8. The van der Waals surface area contributed by atoms with Crippen LogP contribution in [-0.2, 0) is 18.4 Å². The summed E-state index contributed by atoms with van der Waals surface area (Å²) >= 11 is 0. The van der Waals surface area contributed by atoms with Gasteiger partial charge in [0, 0.05) is 13.0 Å². The Balaban J connectivity index is 4.10. The third kappa shape index (κ3) is 41.0. The molecule has 0 aliphatic rings. The molecule has 0 aromatic carbocycles. The standard InChI is InChI=1S/C46H91N2O6P/c1-3-5-7-9-11-13-15-17-19-20-21-22-23-24-25-26-28-30-32-34-36-38-40-46(50)48-44(43-54-55(51,52)53-42-41-47)45(49)39-37-35-33-31-29-27-18-16-14-12-10-8-6-4-2/h29,31,37,39,44-45,49H,3-28,30,32-36,38,40-43,47H2,1-2H3,(H,48,50)(H,51,52)/b31-29+,39-37+. The van der Waals surface area contributed by atoms with Crippen LogP contribution in [0.4, 0.5) is 0 Å². The number of aliphatic hydroxyl groups is 1. The molecule has 0 heterocycles. The summed E-state index contributed by atoms with van der Waals surface area (Å²) in [4.78, 5) is 22.7. The number of allylic oxidation sites excluding steroid dienone is 3. The van der Waals surface area contributed by atoms with Crippen LogP contribution in [0.2, 0.25) is 0 Å². The highest BCUT2D eigenvalue weighted by Crippen LogP contribution is 2.43. The van der Waals surface area contributed by atoms with Crippen LogP contribution in [0.5, 0.6) is 0 Å². The largest absolute Gasteiger partial charge is 0.472 e. The Kier molecular flexibility index (Phi) is 41.8. The van der Waals surface area contributed by atoms with Gasteiger partial charge in [-0.25, -0.2) is 4.57 Å². The van der Waals surface area contributed by atoms with E-state index in [9.17, 15) is 19.4 Å². The second-order valence-electron chi connectivity index (χ2n) is 16.0. The predicted molar refractivity (Wildman–Crippen MR) is 235 cm³/mol. The van der Waals surface area contributed by atoms with E-state index in [-0.39, 0.29) is 25.7 Å². The van der Waals surface area contributed by atoms with Gasteiger partial charge in [0.1, 0.15) is 0 Å². The van der Waals surface area contributed by atoms with Crippen molar-refractivity contribution in [2.75, 3.05) is 19.8 Å².